The van der Waals surface area contributed by atoms with Gasteiger partial charge in [-0.25, -0.2) is 5.43 Å². The molecule has 8 heteroatoms. The Balaban J connectivity index is 1.81. The molecule has 0 aliphatic carbocycles. The van der Waals surface area contributed by atoms with E-state index in [0.717, 1.165) is 41.3 Å². The van der Waals surface area contributed by atoms with Crippen LogP contribution in [0.5, 0.6) is 5.75 Å². The van der Waals surface area contributed by atoms with Crippen LogP contribution in [0.1, 0.15) is 57.7 Å². The van der Waals surface area contributed by atoms with E-state index in [9.17, 15) is 4.79 Å². The number of hydrogen-bond donors (Lipinski definition) is 1. The van der Waals surface area contributed by atoms with E-state index in [-0.39, 0.29) is 21.9 Å². The van der Waals surface area contributed by atoms with Gasteiger partial charge in [-0.1, -0.05) is 43.3 Å². The highest BCUT2D eigenvalue weighted by molar-refractivity contribution is 8.14. The summed E-state index contributed by atoms with van der Waals surface area (Å²) in [5.74, 6) is 1.54. The number of rotatable bonds is 4. The monoisotopic (exact) mass is 498 g/mol. The minimum atomic E-state index is -0.117. The fraction of sp³-hybridized carbons (Fsp3) is 0.423. The number of methoxy groups -OCH3 is 1. The number of amides is 1. The molecular formula is C26H31ClN4O2S. The van der Waals surface area contributed by atoms with Crippen LogP contribution in [-0.2, 0) is 5.41 Å². The summed E-state index contributed by atoms with van der Waals surface area (Å²) in [6, 6.07) is 12.4. The molecule has 0 saturated carbocycles. The molecule has 2 aliphatic rings. The Morgan fingerprint density at radius 3 is 2.71 bits per heavy atom. The zero-order valence-corrected chi connectivity index (χ0v) is 22.0. The van der Waals surface area contributed by atoms with E-state index in [1.807, 2.05) is 25.1 Å². The fourth-order valence-electron chi connectivity index (χ4n) is 4.43. The summed E-state index contributed by atoms with van der Waals surface area (Å²) in [6.45, 7) is 11.6. The summed E-state index contributed by atoms with van der Waals surface area (Å²) >= 11 is 7.74. The van der Waals surface area contributed by atoms with Gasteiger partial charge < -0.3 is 9.64 Å². The molecule has 0 fully saturated rings. The third kappa shape index (κ3) is 4.82. The average Bonchev–Trinajstić information content (AvgIpc) is 2.78. The first kappa shape index (κ1) is 24.6. The first-order chi connectivity index (χ1) is 16.1. The van der Waals surface area contributed by atoms with E-state index in [0.29, 0.717) is 10.8 Å². The maximum absolute atomic E-state index is 11.7. The van der Waals surface area contributed by atoms with Crippen LogP contribution in [0.3, 0.4) is 0 Å². The van der Waals surface area contributed by atoms with Gasteiger partial charge in [0.15, 0.2) is 0 Å². The van der Waals surface area contributed by atoms with Crippen molar-refractivity contribution in [3.05, 3.63) is 58.1 Å². The molecule has 2 aromatic carbocycles. The van der Waals surface area contributed by atoms with Gasteiger partial charge in [-0.3, -0.25) is 9.79 Å². The lowest BCUT2D eigenvalue weighted by molar-refractivity contribution is 0.261. The lowest BCUT2D eigenvalue weighted by Gasteiger charge is -2.41. The van der Waals surface area contributed by atoms with Crippen LogP contribution < -0.4 is 15.1 Å². The molecule has 0 aromatic heterocycles. The molecule has 2 aromatic rings. The van der Waals surface area contributed by atoms with Gasteiger partial charge in [0.05, 0.1) is 23.1 Å². The van der Waals surface area contributed by atoms with Crippen LogP contribution in [0, 0.1) is 0 Å². The van der Waals surface area contributed by atoms with Crippen LogP contribution >= 0.6 is 23.4 Å². The summed E-state index contributed by atoms with van der Waals surface area (Å²) in [7, 11) is 1.62. The second-order valence-corrected chi connectivity index (χ2v) is 11.3. The van der Waals surface area contributed by atoms with Gasteiger partial charge in [0.1, 0.15) is 11.6 Å². The molecular weight excluding hydrogens is 468 g/mol. The molecule has 1 unspecified atom stereocenters. The minimum Gasteiger partial charge on any atom is -0.495 e. The maximum Gasteiger partial charge on any atom is 0.299 e. The number of hydrogen-bond acceptors (Lipinski definition) is 5. The number of hydrazone groups is 1. The lowest BCUT2D eigenvalue weighted by atomic mass is 9.76. The number of carbonyl (C=O) groups is 1. The first-order valence-corrected chi connectivity index (χ1v) is 12.7. The quantitative estimate of drug-likeness (QED) is 0.400. The Morgan fingerprint density at radius 2 is 2.06 bits per heavy atom. The van der Waals surface area contributed by atoms with Crippen LogP contribution in [-0.4, -0.2) is 41.7 Å². The topological polar surface area (TPSA) is 66.3 Å². The second kappa shape index (κ2) is 9.62. The predicted molar refractivity (Wildman–Crippen MR) is 143 cm³/mol. The number of nitrogens with zero attached hydrogens (tertiary/aromatic N) is 3. The Labute approximate surface area is 210 Å². The first-order valence-electron chi connectivity index (χ1n) is 11.5. The van der Waals surface area contributed by atoms with E-state index in [1.165, 1.54) is 17.3 Å². The molecule has 1 N–H and O–H groups in total. The molecule has 1 amide bonds. The number of ether oxygens (including phenoxy) is 1. The number of thioether (sulfide) groups is 1. The maximum atomic E-state index is 11.7. The highest BCUT2D eigenvalue weighted by Gasteiger charge is 2.35. The Hall–Kier alpha value is -2.51. The van der Waals surface area contributed by atoms with Gasteiger partial charge in [0.25, 0.3) is 5.24 Å². The van der Waals surface area contributed by atoms with Crippen molar-refractivity contribution in [1.29, 1.82) is 0 Å². The SMILES string of the molecule is COc1ccc(/C(=N/C(C)C)N2CCC(C)(C)c3cc(C4=NNC(=O)SC4C)ccc32)cc1Cl. The molecule has 0 radical (unpaired) electrons. The van der Waals surface area contributed by atoms with E-state index in [4.69, 9.17) is 21.3 Å². The Morgan fingerprint density at radius 1 is 1.29 bits per heavy atom. The molecule has 34 heavy (non-hydrogen) atoms. The number of aliphatic imine (C=N–C) groups is 1. The van der Waals surface area contributed by atoms with Crippen LogP contribution in [0.25, 0.3) is 0 Å². The van der Waals surface area contributed by atoms with Gasteiger partial charge >= 0.3 is 0 Å². The van der Waals surface area contributed by atoms with Crippen molar-refractivity contribution in [2.24, 2.45) is 10.1 Å². The van der Waals surface area contributed by atoms with Crippen molar-refractivity contribution in [2.75, 3.05) is 18.6 Å². The van der Waals surface area contributed by atoms with Crippen molar-refractivity contribution in [3.8, 4) is 5.75 Å². The van der Waals surface area contributed by atoms with Crippen molar-refractivity contribution < 1.29 is 9.53 Å². The number of carbonyl (C=O) groups excluding carboxylic acids is 1. The van der Waals surface area contributed by atoms with Gasteiger partial charge in [0, 0.05) is 23.8 Å². The Kier molecular flexibility index (Phi) is 6.97. The molecule has 180 valence electrons. The smallest absolute Gasteiger partial charge is 0.299 e. The van der Waals surface area contributed by atoms with Gasteiger partial charge in [-0.2, -0.15) is 5.10 Å². The Bertz CT molecular complexity index is 1180. The highest BCUT2D eigenvalue weighted by atomic mass is 35.5. The van der Waals surface area contributed by atoms with Crippen molar-refractivity contribution in [2.45, 2.75) is 57.7 Å². The molecule has 0 saturated heterocycles. The second-order valence-electron chi connectivity index (χ2n) is 9.57. The summed E-state index contributed by atoms with van der Waals surface area (Å²) < 4.78 is 5.35. The number of fused-ring (bicyclic) bond motifs is 1. The van der Waals surface area contributed by atoms with Gasteiger partial charge in [0.2, 0.25) is 0 Å². The van der Waals surface area contributed by atoms with E-state index in [2.05, 4.69) is 61.3 Å². The van der Waals surface area contributed by atoms with E-state index in [1.54, 1.807) is 7.11 Å². The third-order valence-electron chi connectivity index (χ3n) is 6.26. The lowest BCUT2D eigenvalue weighted by Crippen LogP contribution is -2.42. The highest BCUT2D eigenvalue weighted by Crippen LogP contribution is 2.42. The van der Waals surface area contributed by atoms with Crippen molar-refractivity contribution >= 4 is 45.8 Å². The zero-order chi connectivity index (χ0) is 24.6. The fourth-order valence-corrected chi connectivity index (χ4v) is 5.41. The largest absolute Gasteiger partial charge is 0.495 e. The molecule has 2 heterocycles. The summed E-state index contributed by atoms with van der Waals surface area (Å²) in [5, 5.41) is 4.80. The van der Waals surface area contributed by atoms with Gasteiger partial charge in [-0.15, -0.1) is 0 Å². The predicted octanol–water partition coefficient (Wildman–Crippen LogP) is 6.24. The summed E-state index contributed by atoms with van der Waals surface area (Å²) in [4.78, 5) is 19.0. The van der Waals surface area contributed by atoms with E-state index < -0.39 is 0 Å². The standard InChI is InChI=1S/C26H31ClN4O2S/c1-15(2)28-24(18-8-10-22(33-6)20(27)14-18)31-12-11-26(4,5)19-13-17(7-9-21(19)31)23-16(3)34-25(32)30-29-23/h7-10,13-16H,11-12H2,1-6H3,(H,30,32)/b28-24-. The molecule has 1 atom stereocenters. The van der Waals surface area contributed by atoms with Crippen molar-refractivity contribution in [1.82, 2.24) is 5.43 Å². The molecule has 0 spiro atoms. The molecule has 2 aliphatic heterocycles. The minimum absolute atomic E-state index is 0.00545. The van der Waals surface area contributed by atoms with E-state index >= 15 is 0 Å². The van der Waals surface area contributed by atoms with Crippen molar-refractivity contribution in [3.63, 3.8) is 0 Å². The zero-order valence-electron chi connectivity index (χ0n) is 20.5. The van der Waals surface area contributed by atoms with Crippen LogP contribution in [0.2, 0.25) is 5.02 Å². The van der Waals surface area contributed by atoms with Crippen LogP contribution in [0.4, 0.5) is 10.5 Å². The van der Waals surface area contributed by atoms with Gasteiger partial charge in [-0.05, 0) is 74.1 Å². The summed E-state index contributed by atoms with van der Waals surface area (Å²) in [5.41, 5.74) is 7.84. The number of anilines is 1. The average molecular weight is 499 g/mol. The molecule has 0 bridgehead atoms. The normalized spacial score (nSPS) is 20.1. The number of benzene rings is 2. The molecule has 4 rings (SSSR count). The number of amidine groups is 1. The van der Waals surface area contributed by atoms with Crippen LogP contribution in [0.15, 0.2) is 46.5 Å². The number of halogens is 1. The number of nitrogens with one attached hydrogen (secondary N) is 1. The molecule has 6 nitrogen and oxygen atoms in total. The summed E-state index contributed by atoms with van der Waals surface area (Å²) in [6.07, 6.45) is 0.970. The third-order valence-corrected chi connectivity index (χ3v) is 7.43.